The van der Waals surface area contributed by atoms with Crippen LogP contribution in [0, 0.1) is 11.8 Å². The van der Waals surface area contributed by atoms with Crippen LogP contribution in [0.2, 0.25) is 0 Å². The van der Waals surface area contributed by atoms with E-state index in [4.69, 9.17) is 9.47 Å². The molecule has 3 heterocycles. The summed E-state index contributed by atoms with van der Waals surface area (Å²) in [6.07, 6.45) is -2.63. The van der Waals surface area contributed by atoms with E-state index in [0.29, 0.717) is 27.4 Å². The van der Waals surface area contributed by atoms with Crippen molar-refractivity contribution in [2.75, 3.05) is 13.2 Å². The van der Waals surface area contributed by atoms with Crippen LogP contribution in [0.3, 0.4) is 0 Å². The number of nitrogens with zero attached hydrogens (tertiary/aromatic N) is 4. The van der Waals surface area contributed by atoms with Gasteiger partial charge in [0.05, 0.1) is 42.0 Å². The second-order valence-electron chi connectivity index (χ2n) is 7.01. The first kappa shape index (κ1) is 22.4. The van der Waals surface area contributed by atoms with Crippen molar-refractivity contribution in [2.24, 2.45) is 0 Å². The number of halogens is 3. The van der Waals surface area contributed by atoms with Crippen LogP contribution in [0.25, 0.3) is 0 Å². The third-order valence-electron chi connectivity index (χ3n) is 4.86. The van der Waals surface area contributed by atoms with E-state index in [1.54, 1.807) is 26.8 Å². The van der Waals surface area contributed by atoms with E-state index in [1.807, 2.05) is 0 Å². The highest BCUT2D eigenvalue weighted by molar-refractivity contribution is 5.90. The Bertz CT molecular complexity index is 997. The zero-order chi connectivity index (χ0) is 22.8. The van der Waals surface area contributed by atoms with Gasteiger partial charge in [-0.2, -0.15) is 13.2 Å². The van der Waals surface area contributed by atoms with Crippen LogP contribution in [0.4, 0.5) is 18.9 Å². The molecule has 0 bridgehead atoms. The number of pyridine rings is 2. The fourth-order valence-electron chi connectivity index (χ4n) is 3.23. The second-order valence-corrected chi connectivity index (χ2v) is 7.01. The highest BCUT2D eigenvalue weighted by atomic mass is 19.4. The summed E-state index contributed by atoms with van der Waals surface area (Å²) in [5, 5.41) is 1.47. The highest BCUT2D eigenvalue weighted by Gasteiger charge is 2.43. The Kier molecular flexibility index (Phi) is 6.42. The zero-order valence-corrected chi connectivity index (χ0v) is 17.3. The molecule has 1 aliphatic rings. The number of aryl methyl sites for hydroxylation is 1. The summed E-state index contributed by atoms with van der Waals surface area (Å²) in [4.78, 5) is 34.0. The SMILES string of the molecule is CCOC(=O)c1nccc2c1CN(C(C)c1cc(C)c(OCCC(F)(F)F)cn1)[N+]2=O. The molecule has 0 radical (unpaired) electrons. The number of nitroso groups, excluding NO2 is 1. The van der Waals surface area contributed by atoms with Crippen LogP contribution in [0.15, 0.2) is 24.5 Å². The number of hydrogen-bond acceptors (Lipinski definition) is 6. The lowest BCUT2D eigenvalue weighted by Crippen LogP contribution is -2.28. The van der Waals surface area contributed by atoms with Crippen molar-refractivity contribution in [1.82, 2.24) is 15.0 Å². The molecule has 11 heteroatoms. The van der Waals surface area contributed by atoms with Gasteiger partial charge < -0.3 is 9.47 Å². The largest absolute Gasteiger partial charge is 0.491 e. The summed E-state index contributed by atoms with van der Waals surface area (Å²) < 4.78 is 47.1. The molecular formula is C20H22F3N4O4+. The molecule has 3 rings (SSSR count). The van der Waals surface area contributed by atoms with E-state index in [0.717, 1.165) is 0 Å². The summed E-state index contributed by atoms with van der Waals surface area (Å²) in [6.45, 7) is 4.95. The predicted molar refractivity (Wildman–Crippen MR) is 103 cm³/mol. The predicted octanol–water partition coefficient (Wildman–Crippen LogP) is 4.20. The molecule has 1 aliphatic heterocycles. The van der Waals surface area contributed by atoms with Crippen LogP contribution in [0.1, 0.15) is 53.6 Å². The van der Waals surface area contributed by atoms with E-state index < -0.39 is 31.2 Å². The molecule has 1 atom stereocenters. The second kappa shape index (κ2) is 8.86. The maximum atomic E-state index is 12.8. The van der Waals surface area contributed by atoms with Gasteiger partial charge >= 0.3 is 17.8 Å². The van der Waals surface area contributed by atoms with E-state index in [2.05, 4.69) is 9.97 Å². The van der Waals surface area contributed by atoms with Crippen molar-refractivity contribution in [3.63, 3.8) is 0 Å². The van der Waals surface area contributed by atoms with Crippen molar-refractivity contribution in [3.05, 3.63) is 51.9 Å². The smallest absolute Gasteiger partial charge is 0.392 e. The van der Waals surface area contributed by atoms with Gasteiger partial charge in [-0.1, -0.05) is 0 Å². The van der Waals surface area contributed by atoms with Gasteiger partial charge in [0.1, 0.15) is 18.3 Å². The van der Waals surface area contributed by atoms with E-state index >= 15 is 0 Å². The van der Waals surface area contributed by atoms with Gasteiger partial charge in [0, 0.05) is 12.3 Å². The summed E-state index contributed by atoms with van der Waals surface area (Å²) in [5.41, 5.74) is 1.98. The van der Waals surface area contributed by atoms with E-state index in [-0.39, 0.29) is 24.6 Å². The molecule has 0 fully saturated rings. The lowest BCUT2D eigenvalue weighted by atomic mass is 10.1. The fourth-order valence-corrected chi connectivity index (χ4v) is 3.23. The molecular weight excluding hydrogens is 417 g/mol. The number of ether oxygens (including phenoxy) is 2. The number of rotatable bonds is 7. The number of fused-ring (bicyclic) bond motifs is 1. The van der Waals surface area contributed by atoms with E-state index in [1.165, 1.54) is 23.5 Å². The van der Waals surface area contributed by atoms with Crippen molar-refractivity contribution in [1.29, 1.82) is 0 Å². The Morgan fingerprint density at radius 3 is 2.74 bits per heavy atom. The van der Waals surface area contributed by atoms with Gasteiger partial charge in [-0.25, -0.2) is 9.78 Å². The molecule has 31 heavy (non-hydrogen) atoms. The number of esters is 1. The van der Waals surface area contributed by atoms with Crippen LogP contribution in [-0.4, -0.2) is 45.2 Å². The number of hydrogen-bond donors (Lipinski definition) is 0. The fraction of sp³-hybridized carbons (Fsp3) is 0.450. The molecule has 0 aliphatic carbocycles. The number of hydrazine groups is 1. The van der Waals surface area contributed by atoms with Gasteiger partial charge in [0.2, 0.25) is 0 Å². The first-order chi connectivity index (χ1) is 14.6. The van der Waals surface area contributed by atoms with Crippen LogP contribution >= 0.6 is 0 Å². The summed E-state index contributed by atoms with van der Waals surface area (Å²) in [6, 6.07) is 2.70. The number of aromatic nitrogens is 2. The van der Waals surface area contributed by atoms with Gasteiger partial charge in [-0.15, -0.1) is 5.01 Å². The first-order valence-electron chi connectivity index (χ1n) is 9.67. The Labute approximate surface area is 176 Å². The normalized spacial score (nSPS) is 14.4. The average molecular weight is 439 g/mol. The quantitative estimate of drug-likeness (QED) is 0.472. The lowest BCUT2D eigenvalue weighted by Gasteiger charge is -2.18. The molecule has 2 aromatic heterocycles. The van der Waals surface area contributed by atoms with Crippen LogP contribution in [0.5, 0.6) is 5.75 Å². The standard InChI is InChI=1S/C20H22F3N4O4/c1-4-30-19(28)18-14-11-26(27(29)16(14)5-7-24-18)13(3)15-9-12(2)17(10-25-15)31-8-6-20(21,22)23/h5,7,9-10,13H,4,6,8,11H2,1-3H3/q+1. The minimum absolute atomic E-state index is 0.0902. The zero-order valence-electron chi connectivity index (χ0n) is 17.3. The molecule has 2 aromatic rings. The molecule has 0 spiro atoms. The molecule has 166 valence electrons. The molecule has 0 saturated heterocycles. The molecule has 0 aromatic carbocycles. The van der Waals surface area contributed by atoms with Gasteiger partial charge in [0.15, 0.2) is 10.6 Å². The first-order valence-corrected chi connectivity index (χ1v) is 9.67. The Hall–Kier alpha value is -3.24. The minimum atomic E-state index is -4.30. The van der Waals surface area contributed by atoms with Crippen molar-refractivity contribution >= 4 is 11.7 Å². The lowest BCUT2D eigenvalue weighted by molar-refractivity contribution is -0.644. The van der Waals surface area contributed by atoms with Gasteiger partial charge in [-0.05, 0) is 32.4 Å². The monoisotopic (exact) mass is 439 g/mol. The van der Waals surface area contributed by atoms with Crippen LogP contribution in [-0.2, 0) is 11.3 Å². The van der Waals surface area contributed by atoms with Crippen molar-refractivity contribution in [2.45, 2.75) is 46.0 Å². The molecule has 0 amide bonds. The average Bonchev–Trinajstić information content (AvgIpc) is 3.04. The molecule has 8 nitrogen and oxygen atoms in total. The Morgan fingerprint density at radius 1 is 1.35 bits per heavy atom. The topological polar surface area (TPSA) is 84.6 Å². The summed E-state index contributed by atoms with van der Waals surface area (Å²) >= 11 is 0. The third kappa shape index (κ3) is 4.92. The van der Waals surface area contributed by atoms with Crippen LogP contribution < -0.4 is 4.74 Å². The number of alkyl halides is 3. The summed E-state index contributed by atoms with van der Waals surface area (Å²) in [5.74, 6) is -0.353. The van der Waals surface area contributed by atoms with Crippen molar-refractivity contribution < 1.29 is 32.3 Å². The summed E-state index contributed by atoms with van der Waals surface area (Å²) in [7, 11) is 0. The molecule has 0 saturated carbocycles. The maximum Gasteiger partial charge on any atom is 0.392 e. The Balaban J connectivity index is 1.76. The number of carbonyl (C=O) groups is 1. The Morgan fingerprint density at radius 2 is 2.10 bits per heavy atom. The van der Waals surface area contributed by atoms with E-state index in [9.17, 15) is 22.9 Å². The maximum absolute atomic E-state index is 12.8. The minimum Gasteiger partial charge on any atom is -0.491 e. The van der Waals surface area contributed by atoms with Gasteiger partial charge in [-0.3, -0.25) is 4.98 Å². The third-order valence-corrected chi connectivity index (χ3v) is 4.86. The van der Waals surface area contributed by atoms with Gasteiger partial charge in [0.25, 0.3) is 0 Å². The van der Waals surface area contributed by atoms with Crippen molar-refractivity contribution in [3.8, 4) is 5.75 Å². The molecule has 1 unspecified atom stereocenters. The highest BCUT2D eigenvalue weighted by Crippen LogP contribution is 2.36. The number of carbonyl (C=O) groups excluding carboxylic acids is 1. The molecule has 0 N–H and O–H groups in total.